The van der Waals surface area contributed by atoms with Crippen molar-refractivity contribution in [1.29, 1.82) is 0 Å². The minimum absolute atomic E-state index is 0.167. The first kappa shape index (κ1) is 21.2. The van der Waals surface area contributed by atoms with Gasteiger partial charge in [-0.15, -0.1) is 0 Å². The summed E-state index contributed by atoms with van der Waals surface area (Å²) in [6.07, 6.45) is 0. The lowest BCUT2D eigenvalue weighted by Gasteiger charge is -2.19. The highest BCUT2D eigenvalue weighted by Gasteiger charge is 2.13. The zero-order valence-corrected chi connectivity index (χ0v) is 15.4. The second-order valence-corrected chi connectivity index (χ2v) is 5.28. The molecule has 0 bridgehead atoms. The summed E-state index contributed by atoms with van der Waals surface area (Å²) in [5, 5.41) is 3.14. The van der Waals surface area contributed by atoms with E-state index in [0.29, 0.717) is 17.2 Å². The van der Waals surface area contributed by atoms with E-state index < -0.39 is 0 Å². The van der Waals surface area contributed by atoms with Crippen LogP contribution in [-0.2, 0) is 11.3 Å². The molecular formula is C17H30N2O4. The molecule has 0 saturated carbocycles. The lowest BCUT2D eigenvalue weighted by molar-refractivity contribution is -0.114. The molecule has 1 aromatic carbocycles. The molecule has 0 radical (unpaired) electrons. The number of benzene rings is 1. The minimum Gasteiger partial charge on any atom is -0.493 e. The molecule has 0 amide bonds. The van der Waals surface area contributed by atoms with Crippen LogP contribution in [0, 0.1) is 0 Å². The van der Waals surface area contributed by atoms with Crippen molar-refractivity contribution in [2.45, 2.75) is 20.4 Å². The number of Topliss-reactive ketones (excluding diaryl/α,β-unsaturated/α-hetero) is 1. The SMILES string of the molecule is CC(C)=O.CNCCN(C)Cc1cc(OC)c(OC)c(OC)c1. The topological polar surface area (TPSA) is 60.0 Å². The van der Waals surface area contributed by atoms with E-state index in [4.69, 9.17) is 14.2 Å². The van der Waals surface area contributed by atoms with Crippen LogP contribution in [0.5, 0.6) is 17.2 Å². The van der Waals surface area contributed by atoms with Gasteiger partial charge in [0, 0.05) is 19.6 Å². The molecule has 0 spiro atoms. The number of nitrogens with one attached hydrogen (secondary N) is 1. The lowest BCUT2D eigenvalue weighted by Crippen LogP contribution is -2.26. The minimum atomic E-state index is 0.167. The molecule has 0 fully saturated rings. The Hall–Kier alpha value is -1.79. The Kier molecular flexibility index (Phi) is 10.8. The predicted molar refractivity (Wildman–Crippen MR) is 92.7 cm³/mol. The van der Waals surface area contributed by atoms with Gasteiger partial charge in [-0.1, -0.05) is 0 Å². The van der Waals surface area contributed by atoms with Crippen LogP contribution in [0.25, 0.3) is 0 Å². The largest absolute Gasteiger partial charge is 0.493 e. The molecular weight excluding hydrogens is 296 g/mol. The number of ether oxygens (including phenoxy) is 3. The fourth-order valence-electron chi connectivity index (χ4n) is 1.92. The Balaban J connectivity index is 0.00000108. The predicted octanol–water partition coefficient (Wildman–Crippen LogP) is 1.96. The van der Waals surface area contributed by atoms with E-state index in [2.05, 4.69) is 17.3 Å². The summed E-state index contributed by atoms with van der Waals surface area (Å²) in [7, 11) is 8.91. The van der Waals surface area contributed by atoms with E-state index in [-0.39, 0.29) is 5.78 Å². The number of ketones is 1. The van der Waals surface area contributed by atoms with Gasteiger partial charge in [0.2, 0.25) is 5.75 Å². The molecule has 0 aliphatic carbocycles. The Morgan fingerprint density at radius 1 is 1.09 bits per heavy atom. The fraction of sp³-hybridized carbons (Fsp3) is 0.588. The first-order valence-corrected chi connectivity index (χ1v) is 7.48. The fourth-order valence-corrected chi connectivity index (χ4v) is 1.92. The van der Waals surface area contributed by atoms with Gasteiger partial charge in [0.1, 0.15) is 5.78 Å². The summed E-state index contributed by atoms with van der Waals surface area (Å²) in [5.74, 6) is 2.18. The van der Waals surface area contributed by atoms with Crippen molar-refractivity contribution in [3.8, 4) is 17.2 Å². The van der Waals surface area contributed by atoms with E-state index in [0.717, 1.165) is 25.2 Å². The van der Waals surface area contributed by atoms with Crippen LogP contribution in [0.4, 0.5) is 0 Å². The third-order valence-corrected chi connectivity index (χ3v) is 2.92. The molecule has 0 aliphatic heterocycles. The van der Waals surface area contributed by atoms with E-state index in [1.807, 2.05) is 19.2 Å². The number of hydrogen-bond donors (Lipinski definition) is 1. The molecule has 132 valence electrons. The van der Waals surface area contributed by atoms with Crippen molar-refractivity contribution in [3.63, 3.8) is 0 Å². The summed E-state index contributed by atoms with van der Waals surface area (Å²) in [5.41, 5.74) is 1.13. The summed E-state index contributed by atoms with van der Waals surface area (Å²) < 4.78 is 16.0. The molecule has 0 aliphatic rings. The Labute approximate surface area is 139 Å². The van der Waals surface area contributed by atoms with E-state index in [9.17, 15) is 4.79 Å². The highest BCUT2D eigenvalue weighted by molar-refractivity contribution is 5.72. The molecule has 23 heavy (non-hydrogen) atoms. The van der Waals surface area contributed by atoms with E-state index >= 15 is 0 Å². The Morgan fingerprint density at radius 2 is 1.57 bits per heavy atom. The average molecular weight is 326 g/mol. The summed E-state index contributed by atoms with van der Waals surface area (Å²) in [4.78, 5) is 11.7. The van der Waals surface area contributed by atoms with Gasteiger partial charge in [0.05, 0.1) is 21.3 Å². The summed E-state index contributed by atoms with van der Waals surface area (Å²) in [6, 6.07) is 3.97. The Morgan fingerprint density at radius 3 is 1.91 bits per heavy atom. The normalized spacial score (nSPS) is 9.91. The number of likely N-dealkylation sites (N-methyl/N-ethyl adjacent to an activating group) is 2. The van der Waals surface area contributed by atoms with Gasteiger partial charge in [-0.05, 0) is 45.6 Å². The van der Waals surface area contributed by atoms with Gasteiger partial charge >= 0.3 is 0 Å². The lowest BCUT2D eigenvalue weighted by atomic mass is 10.1. The van der Waals surface area contributed by atoms with Gasteiger partial charge < -0.3 is 29.2 Å². The van der Waals surface area contributed by atoms with Gasteiger partial charge in [-0.25, -0.2) is 0 Å². The van der Waals surface area contributed by atoms with Gasteiger partial charge in [-0.2, -0.15) is 0 Å². The monoisotopic (exact) mass is 326 g/mol. The molecule has 6 heteroatoms. The number of hydrogen-bond acceptors (Lipinski definition) is 6. The average Bonchev–Trinajstić information content (AvgIpc) is 2.51. The molecule has 0 atom stereocenters. The maximum Gasteiger partial charge on any atom is 0.203 e. The van der Waals surface area contributed by atoms with Crippen LogP contribution in [-0.4, -0.2) is 59.2 Å². The second-order valence-electron chi connectivity index (χ2n) is 5.28. The summed E-state index contributed by atoms with van der Waals surface area (Å²) in [6.45, 7) is 5.83. The molecule has 0 heterocycles. The zero-order valence-electron chi connectivity index (χ0n) is 15.4. The second kappa shape index (κ2) is 11.7. The van der Waals surface area contributed by atoms with Crippen molar-refractivity contribution >= 4 is 5.78 Å². The first-order chi connectivity index (χ1) is 10.9. The number of rotatable bonds is 8. The van der Waals surface area contributed by atoms with Crippen molar-refractivity contribution < 1.29 is 19.0 Å². The van der Waals surface area contributed by atoms with Crippen molar-refractivity contribution in [1.82, 2.24) is 10.2 Å². The number of carbonyl (C=O) groups excluding carboxylic acids is 1. The van der Waals surface area contributed by atoms with Gasteiger partial charge in [-0.3, -0.25) is 0 Å². The molecule has 0 aromatic heterocycles. The molecule has 1 aromatic rings. The van der Waals surface area contributed by atoms with Crippen molar-refractivity contribution in [2.75, 3.05) is 48.5 Å². The standard InChI is InChI=1S/C14H24N2O3.C3H6O/c1-15-6-7-16(2)10-11-8-12(17-3)14(19-5)13(9-11)18-4;1-3(2)4/h8-9,15H,6-7,10H2,1-5H3;1-2H3. The van der Waals surface area contributed by atoms with Crippen LogP contribution in [0.1, 0.15) is 19.4 Å². The molecule has 0 saturated heterocycles. The van der Waals surface area contributed by atoms with Crippen molar-refractivity contribution in [3.05, 3.63) is 17.7 Å². The van der Waals surface area contributed by atoms with Gasteiger partial charge in [0.15, 0.2) is 11.5 Å². The zero-order chi connectivity index (χ0) is 17.8. The van der Waals surface area contributed by atoms with Gasteiger partial charge in [0.25, 0.3) is 0 Å². The maximum atomic E-state index is 9.44. The molecule has 0 unspecified atom stereocenters. The number of methoxy groups -OCH3 is 3. The summed E-state index contributed by atoms with van der Waals surface area (Å²) >= 11 is 0. The van der Waals surface area contributed by atoms with Crippen LogP contribution in [0.2, 0.25) is 0 Å². The molecule has 6 nitrogen and oxygen atoms in total. The highest BCUT2D eigenvalue weighted by Crippen LogP contribution is 2.38. The van der Waals surface area contributed by atoms with Crippen molar-refractivity contribution in [2.24, 2.45) is 0 Å². The third kappa shape index (κ3) is 8.42. The highest BCUT2D eigenvalue weighted by atomic mass is 16.5. The maximum absolute atomic E-state index is 9.44. The molecule has 1 N–H and O–H groups in total. The van der Waals surface area contributed by atoms with E-state index in [1.54, 1.807) is 21.3 Å². The number of nitrogens with zero attached hydrogens (tertiary/aromatic N) is 1. The van der Waals surface area contributed by atoms with E-state index in [1.165, 1.54) is 13.8 Å². The smallest absolute Gasteiger partial charge is 0.203 e. The first-order valence-electron chi connectivity index (χ1n) is 7.48. The van der Waals surface area contributed by atoms with Crippen LogP contribution >= 0.6 is 0 Å². The van der Waals surface area contributed by atoms with Crippen LogP contribution in [0.3, 0.4) is 0 Å². The van der Waals surface area contributed by atoms with Crippen LogP contribution < -0.4 is 19.5 Å². The third-order valence-electron chi connectivity index (χ3n) is 2.92. The molecule has 1 rings (SSSR count). The Bertz CT molecular complexity index is 449. The van der Waals surface area contributed by atoms with Crippen LogP contribution in [0.15, 0.2) is 12.1 Å². The quantitative estimate of drug-likeness (QED) is 0.788. The number of carbonyl (C=O) groups is 1.